The summed E-state index contributed by atoms with van der Waals surface area (Å²) in [5, 5.41) is 2.29. The average Bonchev–Trinajstić information content (AvgIpc) is 3.20. The van der Waals surface area contributed by atoms with Crippen LogP contribution in [0.25, 0.3) is 6.08 Å². The van der Waals surface area contributed by atoms with Gasteiger partial charge >= 0.3 is 0 Å². The van der Waals surface area contributed by atoms with Gasteiger partial charge in [0.25, 0.3) is 17.1 Å². The predicted octanol–water partition coefficient (Wildman–Crippen LogP) is 3.17. The molecule has 38 heavy (non-hydrogen) atoms. The number of imide groups is 1. The Morgan fingerprint density at radius 2 is 1.82 bits per heavy atom. The van der Waals surface area contributed by atoms with E-state index >= 15 is 0 Å². The highest BCUT2D eigenvalue weighted by atomic mass is 32.2. The van der Waals surface area contributed by atoms with Crippen molar-refractivity contribution in [2.24, 2.45) is 0 Å². The molecule has 0 atom stereocenters. The number of thioether (sulfide) groups is 1. The summed E-state index contributed by atoms with van der Waals surface area (Å²) in [5.41, 5.74) is 2.45. The maximum Gasteiger partial charge on any atom is 0.294 e. The third-order valence-corrected chi connectivity index (χ3v) is 6.93. The molecule has 4 amide bonds. The molecule has 1 N–H and O–H groups in total. The van der Waals surface area contributed by atoms with Gasteiger partial charge in [-0.15, -0.1) is 0 Å². The zero-order valence-electron chi connectivity index (χ0n) is 21.2. The van der Waals surface area contributed by atoms with Gasteiger partial charge in [-0.2, -0.15) is 0 Å². The monoisotopic (exact) mass is 539 g/mol. The molecule has 0 aromatic heterocycles. The van der Waals surface area contributed by atoms with Crippen molar-refractivity contribution in [2.45, 2.75) is 13.3 Å². The number of hydrogen-bond donors (Lipinski definition) is 1. The molecule has 2 fully saturated rings. The molecule has 0 spiro atoms. The number of carbonyl (C=O) groups is 4. The summed E-state index contributed by atoms with van der Waals surface area (Å²) in [6.07, 6.45) is 2.48. The third-order valence-electron chi connectivity index (χ3n) is 6.02. The molecule has 200 valence electrons. The minimum atomic E-state index is -0.524. The topological polar surface area (TPSA) is 114 Å². The van der Waals surface area contributed by atoms with Gasteiger partial charge < -0.3 is 24.4 Å². The van der Waals surface area contributed by atoms with E-state index in [-0.39, 0.29) is 29.9 Å². The van der Waals surface area contributed by atoms with E-state index in [1.165, 1.54) is 12.7 Å². The third kappa shape index (κ3) is 6.73. The van der Waals surface area contributed by atoms with E-state index in [0.29, 0.717) is 49.1 Å². The van der Waals surface area contributed by atoms with Crippen LogP contribution in [-0.4, -0.2) is 79.3 Å². The Kier molecular flexibility index (Phi) is 9.03. The molecule has 2 heterocycles. The van der Waals surface area contributed by atoms with Crippen LogP contribution < -0.4 is 14.8 Å². The van der Waals surface area contributed by atoms with Crippen LogP contribution in [0, 0.1) is 0 Å². The molecule has 10 nitrogen and oxygen atoms in total. The second-order valence-corrected chi connectivity index (χ2v) is 9.55. The highest BCUT2D eigenvalue weighted by molar-refractivity contribution is 8.18. The van der Waals surface area contributed by atoms with Gasteiger partial charge in [-0.1, -0.05) is 25.1 Å². The zero-order chi connectivity index (χ0) is 27.1. The maximum absolute atomic E-state index is 12.8. The van der Waals surface area contributed by atoms with Crippen LogP contribution in [-0.2, 0) is 25.5 Å². The number of hydrogen-bond acceptors (Lipinski definition) is 8. The molecular weight excluding hydrogens is 510 g/mol. The van der Waals surface area contributed by atoms with Gasteiger partial charge in [-0.25, -0.2) is 0 Å². The fraction of sp³-hybridized carbons (Fsp3) is 0.333. The van der Waals surface area contributed by atoms with Crippen molar-refractivity contribution in [3.63, 3.8) is 0 Å². The van der Waals surface area contributed by atoms with E-state index in [2.05, 4.69) is 12.2 Å². The molecule has 2 aliphatic heterocycles. The number of carbonyl (C=O) groups excluding carboxylic acids is 4. The Labute approximate surface area is 224 Å². The number of aryl methyl sites for hydroxylation is 1. The first kappa shape index (κ1) is 27.2. The molecule has 0 saturated carbocycles. The number of rotatable bonds is 9. The number of amides is 4. The summed E-state index contributed by atoms with van der Waals surface area (Å²) < 4.78 is 16.3. The predicted molar refractivity (Wildman–Crippen MR) is 143 cm³/mol. The second kappa shape index (κ2) is 12.6. The normalized spacial score (nSPS) is 16.6. The van der Waals surface area contributed by atoms with Crippen molar-refractivity contribution in [1.82, 2.24) is 9.80 Å². The Morgan fingerprint density at radius 1 is 1.08 bits per heavy atom. The molecule has 0 radical (unpaired) electrons. The van der Waals surface area contributed by atoms with Gasteiger partial charge in [-0.05, 0) is 59.7 Å². The van der Waals surface area contributed by atoms with Crippen LogP contribution >= 0.6 is 11.8 Å². The van der Waals surface area contributed by atoms with E-state index in [4.69, 9.17) is 14.2 Å². The lowest BCUT2D eigenvalue weighted by molar-refractivity contribution is -0.139. The summed E-state index contributed by atoms with van der Waals surface area (Å²) in [6.45, 7) is 3.29. The summed E-state index contributed by atoms with van der Waals surface area (Å²) in [6, 6.07) is 12.5. The van der Waals surface area contributed by atoms with Crippen LogP contribution in [0.15, 0.2) is 47.4 Å². The molecule has 2 saturated heterocycles. The molecular formula is C27H29N3O7S. The summed E-state index contributed by atoms with van der Waals surface area (Å²) in [7, 11) is 1.46. The van der Waals surface area contributed by atoms with Gasteiger partial charge in [-0.3, -0.25) is 24.1 Å². The average molecular weight is 540 g/mol. The Hall–Kier alpha value is -3.83. The first-order chi connectivity index (χ1) is 18.4. The van der Waals surface area contributed by atoms with Gasteiger partial charge in [0, 0.05) is 18.8 Å². The number of benzene rings is 2. The number of nitrogens with one attached hydrogen (secondary N) is 1. The summed E-state index contributed by atoms with van der Waals surface area (Å²) in [5.74, 6) is -0.418. The molecule has 4 rings (SSSR count). The highest BCUT2D eigenvalue weighted by Gasteiger charge is 2.37. The fourth-order valence-electron chi connectivity index (χ4n) is 3.89. The van der Waals surface area contributed by atoms with Crippen LogP contribution in [0.1, 0.15) is 18.1 Å². The van der Waals surface area contributed by atoms with Crippen molar-refractivity contribution < 1.29 is 33.4 Å². The lowest BCUT2D eigenvalue weighted by Crippen LogP contribution is -2.46. The van der Waals surface area contributed by atoms with Crippen molar-refractivity contribution >= 4 is 46.5 Å². The minimum Gasteiger partial charge on any atom is -0.493 e. The van der Waals surface area contributed by atoms with Crippen LogP contribution in [0.2, 0.25) is 0 Å². The van der Waals surface area contributed by atoms with Crippen LogP contribution in [0.4, 0.5) is 10.5 Å². The SMILES string of the molecule is CCc1ccc(NC(=O)COc2ccc(/C=C3\SC(=O)N(CC(=O)N4CCOCC4)C3=O)cc2OC)cc1. The van der Waals surface area contributed by atoms with Crippen LogP contribution in [0.3, 0.4) is 0 Å². The largest absolute Gasteiger partial charge is 0.493 e. The lowest BCUT2D eigenvalue weighted by Gasteiger charge is -2.28. The number of methoxy groups -OCH3 is 1. The number of morpholine rings is 1. The number of anilines is 1. The molecule has 2 aromatic rings. The van der Waals surface area contributed by atoms with Crippen molar-refractivity contribution in [3.05, 3.63) is 58.5 Å². The fourth-order valence-corrected chi connectivity index (χ4v) is 4.73. The lowest BCUT2D eigenvalue weighted by atomic mass is 10.1. The molecule has 0 bridgehead atoms. The van der Waals surface area contributed by atoms with Crippen LogP contribution in [0.5, 0.6) is 11.5 Å². The standard InChI is InChI=1S/C27H29N3O7S/c1-3-18-4-7-20(8-5-18)28-24(31)17-37-21-9-6-19(14-22(21)35-2)15-23-26(33)30(27(34)38-23)16-25(32)29-10-12-36-13-11-29/h4-9,14-15H,3,10-13,16-17H2,1-2H3,(H,28,31)/b23-15-. The van der Waals surface area contributed by atoms with Crippen molar-refractivity contribution in [3.8, 4) is 11.5 Å². The molecule has 2 aliphatic rings. The summed E-state index contributed by atoms with van der Waals surface area (Å²) in [4.78, 5) is 52.9. The van der Waals surface area contributed by atoms with E-state index in [9.17, 15) is 19.2 Å². The minimum absolute atomic E-state index is 0.203. The highest BCUT2D eigenvalue weighted by Crippen LogP contribution is 2.34. The second-order valence-electron chi connectivity index (χ2n) is 8.56. The quantitative estimate of drug-likeness (QED) is 0.484. The van der Waals surface area contributed by atoms with Crippen molar-refractivity contribution in [1.29, 1.82) is 0 Å². The molecule has 2 aromatic carbocycles. The van der Waals surface area contributed by atoms with Gasteiger partial charge in [0.2, 0.25) is 5.91 Å². The Morgan fingerprint density at radius 3 is 2.50 bits per heavy atom. The Bertz CT molecular complexity index is 1240. The van der Waals surface area contributed by atoms with E-state index in [1.807, 2.05) is 24.3 Å². The van der Waals surface area contributed by atoms with E-state index in [1.54, 1.807) is 29.2 Å². The number of nitrogens with zero attached hydrogens (tertiary/aromatic N) is 2. The van der Waals surface area contributed by atoms with Crippen molar-refractivity contribution in [2.75, 3.05) is 51.9 Å². The smallest absolute Gasteiger partial charge is 0.294 e. The number of ether oxygens (including phenoxy) is 3. The van der Waals surface area contributed by atoms with E-state index < -0.39 is 11.1 Å². The first-order valence-electron chi connectivity index (χ1n) is 12.2. The van der Waals surface area contributed by atoms with Gasteiger partial charge in [0.15, 0.2) is 18.1 Å². The molecule has 11 heteroatoms. The molecule has 0 aliphatic carbocycles. The maximum atomic E-state index is 12.8. The molecule has 0 unspecified atom stereocenters. The zero-order valence-corrected chi connectivity index (χ0v) is 22.0. The van der Waals surface area contributed by atoms with Gasteiger partial charge in [0.1, 0.15) is 6.54 Å². The Balaban J connectivity index is 1.37. The van der Waals surface area contributed by atoms with E-state index in [0.717, 1.165) is 23.1 Å². The first-order valence-corrected chi connectivity index (χ1v) is 13.0. The summed E-state index contributed by atoms with van der Waals surface area (Å²) >= 11 is 0.778. The van der Waals surface area contributed by atoms with Gasteiger partial charge in [0.05, 0.1) is 25.2 Å².